The molecule has 0 fully saturated rings. The molecule has 2 heterocycles. The van der Waals surface area contributed by atoms with Crippen LogP contribution in [0.15, 0.2) is 53.6 Å². The van der Waals surface area contributed by atoms with Gasteiger partial charge in [0.05, 0.1) is 6.61 Å². The number of aromatic nitrogens is 1. The number of nitrogens with zero attached hydrogens (tertiary/aromatic N) is 4. The number of rotatable bonds is 9. The molecule has 3 aromatic rings. The summed E-state index contributed by atoms with van der Waals surface area (Å²) in [6.07, 6.45) is -0.782. The summed E-state index contributed by atoms with van der Waals surface area (Å²) in [6, 6.07) is 16.2. The first kappa shape index (κ1) is 27.2. The molecule has 0 N–H and O–H groups in total. The Hall–Kier alpha value is -3.84. The molecule has 9 nitrogen and oxygen atoms in total. The van der Waals surface area contributed by atoms with E-state index in [1.54, 1.807) is 62.6 Å². The SMILES string of the molecule is COCc1cc(C)nc(OCC2=NN(C(C)=O)[C@@H](c3ccc(OCc4ccc(Cl)cc4Cl)cc3)O2)c1C#N. The Labute approximate surface area is 230 Å². The van der Waals surface area contributed by atoms with Crippen molar-refractivity contribution in [3.8, 4) is 17.7 Å². The molecule has 0 unspecified atom stereocenters. The van der Waals surface area contributed by atoms with E-state index in [1.807, 2.05) is 0 Å². The summed E-state index contributed by atoms with van der Waals surface area (Å²) >= 11 is 12.2. The normalized spacial score (nSPS) is 14.5. The topological polar surface area (TPSA) is 106 Å². The van der Waals surface area contributed by atoms with E-state index in [2.05, 4.69) is 16.2 Å². The first-order valence-electron chi connectivity index (χ1n) is 11.5. The molecule has 2 aromatic carbocycles. The van der Waals surface area contributed by atoms with Gasteiger partial charge >= 0.3 is 0 Å². The fraction of sp³-hybridized carbons (Fsp3) is 0.259. The molecular formula is C27H24Cl2N4O5. The zero-order valence-electron chi connectivity index (χ0n) is 20.9. The minimum atomic E-state index is -0.782. The number of carbonyl (C=O) groups is 1. The van der Waals surface area contributed by atoms with Gasteiger partial charge in [0.15, 0.2) is 6.61 Å². The number of hydrazone groups is 1. The second-order valence-electron chi connectivity index (χ2n) is 8.36. The molecule has 1 aromatic heterocycles. The van der Waals surface area contributed by atoms with Crippen LogP contribution in [0.1, 0.15) is 41.1 Å². The van der Waals surface area contributed by atoms with E-state index >= 15 is 0 Å². The molecule has 1 atom stereocenters. The molecule has 0 saturated heterocycles. The number of ether oxygens (including phenoxy) is 4. The fourth-order valence-corrected chi connectivity index (χ4v) is 4.21. The first-order valence-corrected chi connectivity index (χ1v) is 12.3. The molecule has 0 aliphatic carbocycles. The number of hydrogen-bond acceptors (Lipinski definition) is 8. The average Bonchev–Trinajstić information content (AvgIpc) is 3.32. The molecule has 0 radical (unpaired) electrons. The molecule has 11 heteroatoms. The van der Waals surface area contributed by atoms with Gasteiger partial charge in [-0.05, 0) is 49.4 Å². The Morgan fingerprint density at radius 2 is 1.84 bits per heavy atom. The molecule has 1 aliphatic heterocycles. The Balaban J connectivity index is 1.43. The van der Waals surface area contributed by atoms with Crippen molar-refractivity contribution in [1.29, 1.82) is 5.26 Å². The predicted molar refractivity (Wildman–Crippen MR) is 141 cm³/mol. The molecule has 196 valence electrons. The van der Waals surface area contributed by atoms with Gasteiger partial charge in [-0.3, -0.25) is 4.79 Å². The van der Waals surface area contributed by atoms with Gasteiger partial charge < -0.3 is 18.9 Å². The second kappa shape index (κ2) is 12.1. The Morgan fingerprint density at radius 3 is 2.50 bits per heavy atom. The summed E-state index contributed by atoms with van der Waals surface area (Å²) in [5.74, 6) is 0.615. The maximum absolute atomic E-state index is 12.3. The van der Waals surface area contributed by atoms with Crippen LogP contribution in [0.5, 0.6) is 11.6 Å². The van der Waals surface area contributed by atoms with Crippen molar-refractivity contribution in [2.45, 2.75) is 33.3 Å². The highest BCUT2D eigenvalue weighted by Crippen LogP contribution is 2.31. The summed E-state index contributed by atoms with van der Waals surface area (Å²) in [6.45, 7) is 3.57. The lowest BCUT2D eigenvalue weighted by Gasteiger charge is -2.19. The lowest BCUT2D eigenvalue weighted by Crippen LogP contribution is -2.25. The molecule has 4 rings (SSSR count). The van der Waals surface area contributed by atoms with Crippen molar-refractivity contribution < 1.29 is 23.7 Å². The standard InChI is InChI=1S/C27H24Cl2N4O5/c1-16-10-20(13-35-3)23(12-30)26(31-16)37-15-25-32-33(17(2)34)27(38-25)18-5-8-22(9-6-18)36-14-19-4-7-21(28)11-24(19)29/h4-11,27H,13-15H2,1-3H3/t27-/m1/s1. The third-order valence-corrected chi connectivity index (χ3v) is 6.11. The summed E-state index contributed by atoms with van der Waals surface area (Å²) in [4.78, 5) is 16.6. The molecular weight excluding hydrogens is 531 g/mol. The number of halogens is 2. The van der Waals surface area contributed by atoms with Crippen molar-refractivity contribution in [1.82, 2.24) is 9.99 Å². The third kappa shape index (κ3) is 6.34. The van der Waals surface area contributed by atoms with Crippen molar-refractivity contribution >= 4 is 35.0 Å². The van der Waals surface area contributed by atoms with Crippen LogP contribution in [0.3, 0.4) is 0 Å². The second-order valence-corrected chi connectivity index (χ2v) is 9.20. The predicted octanol–water partition coefficient (Wildman–Crippen LogP) is 5.56. The lowest BCUT2D eigenvalue weighted by atomic mass is 10.1. The van der Waals surface area contributed by atoms with Crippen molar-refractivity contribution in [3.05, 3.63) is 86.5 Å². The molecule has 1 aliphatic rings. The van der Waals surface area contributed by atoms with Gasteiger partial charge in [0.25, 0.3) is 0 Å². The van der Waals surface area contributed by atoms with Gasteiger partial charge in [-0.2, -0.15) is 10.3 Å². The van der Waals surface area contributed by atoms with Crippen LogP contribution >= 0.6 is 23.2 Å². The van der Waals surface area contributed by atoms with Gasteiger partial charge in [-0.25, -0.2) is 4.98 Å². The maximum atomic E-state index is 12.3. The molecule has 0 saturated carbocycles. The van der Waals surface area contributed by atoms with Crippen molar-refractivity contribution in [3.63, 3.8) is 0 Å². The Morgan fingerprint density at radius 1 is 1.08 bits per heavy atom. The van der Waals surface area contributed by atoms with Crippen LogP contribution in [0.25, 0.3) is 0 Å². The average molecular weight is 555 g/mol. The van der Waals surface area contributed by atoms with E-state index in [0.29, 0.717) is 32.6 Å². The molecule has 0 bridgehead atoms. The highest BCUT2D eigenvalue weighted by atomic mass is 35.5. The van der Waals surface area contributed by atoms with Crippen LogP contribution < -0.4 is 9.47 Å². The largest absolute Gasteiger partial charge is 0.489 e. The van der Waals surface area contributed by atoms with Crippen LogP contribution in [0.4, 0.5) is 0 Å². The zero-order valence-corrected chi connectivity index (χ0v) is 22.4. The number of methoxy groups -OCH3 is 1. The van der Waals surface area contributed by atoms with Gasteiger partial charge in [-0.1, -0.05) is 29.3 Å². The number of benzene rings is 2. The fourth-order valence-electron chi connectivity index (χ4n) is 3.74. The van der Waals surface area contributed by atoms with E-state index < -0.39 is 6.23 Å². The van der Waals surface area contributed by atoms with E-state index in [4.69, 9.17) is 42.1 Å². The molecule has 38 heavy (non-hydrogen) atoms. The molecule has 1 amide bonds. The van der Waals surface area contributed by atoms with Gasteiger partial charge in [-0.15, -0.1) is 5.10 Å². The quantitative estimate of drug-likeness (QED) is 0.340. The number of amides is 1. The lowest BCUT2D eigenvalue weighted by molar-refractivity contribution is -0.135. The first-order chi connectivity index (χ1) is 18.3. The van der Waals surface area contributed by atoms with E-state index in [9.17, 15) is 10.1 Å². The number of aryl methyl sites for hydroxylation is 1. The van der Waals surface area contributed by atoms with Crippen molar-refractivity contribution in [2.24, 2.45) is 5.10 Å². The van der Waals surface area contributed by atoms with Crippen LogP contribution in [0.2, 0.25) is 10.0 Å². The summed E-state index contributed by atoms with van der Waals surface area (Å²) < 4.78 is 22.7. The van der Waals surface area contributed by atoms with Crippen LogP contribution in [0, 0.1) is 18.3 Å². The van der Waals surface area contributed by atoms with Gasteiger partial charge in [0, 0.05) is 46.5 Å². The van der Waals surface area contributed by atoms with Gasteiger partial charge in [0.1, 0.15) is 24.0 Å². The minimum absolute atomic E-state index is 0.124. The number of pyridine rings is 1. The highest BCUT2D eigenvalue weighted by molar-refractivity contribution is 6.35. The summed E-state index contributed by atoms with van der Waals surface area (Å²) in [7, 11) is 1.54. The van der Waals surface area contributed by atoms with E-state index in [0.717, 1.165) is 5.56 Å². The third-order valence-electron chi connectivity index (χ3n) is 5.53. The summed E-state index contributed by atoms with van der Waals surface area (Å²) in [5.41, 5.74) is 3.09. The Kier molecular flexibility index (Phi) is 8.69. The monoisotopic (exact) mass is 554 g/mol. The Bertz CT molecular complexity index is 1410. The maximum Gasteiger partial charge on any atom is 0.247 e. The van der Waals surface area contributed by atoms with Crippen LogP contribution in [-0.4, -0.2) is 35.5 Å². The highest BCUT2D eigenvalue weighted by Gasteiger charge is 2.33. The molecule has 0 spiro atoms. The zero-order chi connectivity index (χ0) is 27.2. The van der Waals surface area contributed by atoms with Crippen LogP contribution in [-0.2, 0) is 27.5 Å². The van der Waals surface area contributed by atoms with E-state index in [-0.39, 0.29) is 43.1 Å². The number of hydrogen-bond donors (Lipinski definition) is 0. The number of nitriles is 1. The summed E-state index contributed by atoms with van der Waals surface area (Å²) in [5, 5.41) is 16.2. The number of carbonyl (C=O) groups excluding carboxylic acids is 1. The smallest absolute Gasteiger partial charge is 0.247 e. The van der Waals surface area contributed by atoms with Crippen molar-refractivity contribution in [2.75, 3.05) is 13.7 Å². The van der Waals surface area contributed by atoms with Gasteiger partial charge in [0.2, 0.25) is 23.9 Å². The van der Waals surface area contributed by atoms with E-state index in [1.165, 1.54) is 11.9 Å². The minimum Gasteiger partial charge on any atom is -0.489 e.